The molecule has 1 fully saturated rings. The van der Waals surface area contributed by atoms with E-state index < -0.39 is 5.82 Å². The Bertz CT molecular complexity index is 1010. The molecule has 28 heavy (non-hydrogen) atoms. The third kappa shape index (κ3) is 3.64. The van der Waals surface area contributed by atoms with Crippen LogP contribution in [0.1, 0.15) is 17.2 Å². The molecular weight excluding hydrogens is 381 g/mol. The van der Waals surface area contributed by atoms with Gasteiger partial charge in [0, 0.05) is 44.1 Å². The summed E-state index contributed by atoms with van der Waals surface area (Å²) in [7, 11) is 0. The highest BCUT2D eigenvalue weighted by molar-refractivity contribution is 6.30. The second-order valence-corrected chi connectivity index (χ2v) is 7.34. The van der Waals surface area contributed by atoms with Gasteiger partial charge in [0.2, 0.25) is 0 Å². The van der Waals surface area contributed by atoms with Crippen molar-refractivity contribution in [1.29, 1.82) is 0 Å². The van der Waals surface area contributed by atoms with Gasteiger partial charge in [-0.15, -0.1) is 0 Å². The van der Waals surface area contributed by atoms with Crippen LogP contribution in [0.2, 0.25) is 5.02 Å². The summed E-state index contributed by atoms with van der Waals surface area (Å²) in [6.45, 7) is 8.54. The van der Waals surface area contributed by atoms with Crippen LogP contribution in [0, 0.1) is 26.6 Å². The van der Waals surface area contributed by atoms with Gasteiger partial charge < -0.3 is 9.80 Å². The van der Waals surface area contributed by atoms with Gasteiger partial charge in [0.25, 0.3) is 0 Å². The maximum atomic E-state index is 14.2. The van der Waals surface area contributed by atoms with Gasteiger partial charge in [-0.25, -0.2) is 24.0 Å². The number of nitrogens with zero attached hydrogens (tertiary/aromatic N) is 7. The zero-order chi connectivity index (χ0) is 19.8. The molecule has 3 aromatic rings. The molecule has 0 N–H and O–H groups in total. The van der Waals surface area contributed by atoms with Crippen LogP contribution in [0.25, 0.3) is 5.82 Å². The van der Waals surface area contributed by atoms with Gasteiger partial charge in [-0.1, -0.05) is 11.6 Å². The SMILES string of the molecule is Cc1cc(C)n(-c2cc(N3CCN(c4ncc(Cl)cc4F)CC3)nc(C)n2)n1. The average molecular weight is 402 g/mol. The summed E-state index contributed by atoms with van der Waals surface area (Å²) in [5.41, 5.74) is 1.97. The summed E-state index contributed by atoms with van der Waals surface area (Å²) in [5, 5.41) is 4.81. The molecule has 0 aromatic carbocycles. The molecule has 1 saturated heterocycles. The number of hydrogen-bond acceptors (Lipinski definition) is 6. The van der Waals surface area contributed by atoms with Crippen LogP contribution in [0.4, 0.5) is 16.0 Å². The van der Waals surface area contributed by atoms with E-state index in [1.165, 1.54) is 12.3 Å². The molecule has 0 saturated carbocycles. The van der Waals surface area contributed by atoms with Crippen molar-refractivity contribution < 1.29 is 4.39 Å². The Morgan fingerprint density at radius 1 is 0.929 bits per heavy atom. The number of rotatable bonds is 3. The molecule has 1 aliphatic heterocycles. The van der Waals surface area contributed by atoms with E-state index in [0.717, 1.165) is 23.0 Å². The molecule has 0 atom stereocenters. The highest BCUT2D eigenvalue weighted by Crippen LogP contribution is 2.23. The van der Waals surface area contributed by atoms with E-state index in [9.17, 15) is 4.39 Å². The topological polar surface area (TPSA) is 63.0 Å². The van der Waals surface area contributed by atoms with Gasteiger partial charge >= 0.3 is 0 Å². The fourth-order valence-electron chi connectivity index (χ4n) is 3.46. The number of pyridine rings is 1. The second kappa shape index (κ2) is 7.35. The molecule has 4 heterocycles. The van der Waals surface area contributed by atoms with Gasteiger partial charge in [0.05, 0.1) is 10.7 Å². The van der Waals surface area contributed by atoms with Gasteiger partial charge in [-0.2, -0.15) is 5.10 Å². The summed E-state index contributed by atoms with van der Waals surface area (Å²) >= 11 is 5.80. The van der Waals surface area contributed by atoms with Crippen molar-refractivity contribution in [3.05, 3.63) is 52.4 Å². The van der Waals surface area contributed by atoms with Gasteiger partial charge in [-0.05, 0) is 32.9 Å². The van der Waals surface area contributed by atoms with Crippen LogP contribution >= 0.6 is 11.6 Å². The molecule has 0 amide bonds. The van der Waals surface area contributed by atoms with Gasteiger partial charge in [-0.3, -0.25) is 0 Å². The maximum absolute atomic E-state index is 14.2. The van der Waals surface area contributed by atoms with E-state index in [1.807, 2.05) is 42.5 Å². The Morgan fingerprint density at radius 2 is 1.61 bits per heavy atom. The second-order valence-electron chi connectivity index (χ2n) is 6.90. The normalized spacial score (nSPS) is 14.6. The van der Waals surface area contributed by atoms with E-state index in [-0.39, 0.29) is 0 Å². The first-order valence-electron chi connectivity index (χ1n) is 9.11. The Balaban J connectivity index is 1.54. The minimum Gasteiger partial charge on any atom is -0.353 e. The molecule has 3 aromatic heterocycles. The van der Waals surface area contributed by atoms with Crippen LogP contribution in [-0.2, 0) is 0 Å². The summed E-state index contributed by atoms with van der Waals surface area (Å²) < 4.78 is 16.0. The van der Waals surface area contributed by atoms with E-state index in [2.05, 4.69) is 25.0 Å². The number of aryl methyl sites for hydroxylation is 3. The third-order valence-electron chi connectivity index (χ3n) is 4.73. The monoisotopic (exact) mass is 401 g/mol. The summed E-state index contributed by atoms with van der Waals surface area (Å²) in [5.74, 6) is 2.23. The highest BCUT2D eigenvalue weighted by atomic mass is 35.5. The maximum Gasteiger partial charge on any atom is 0.167 e. The molecule has 1 aliphatic rings. The summed E-state index contributed by atoms with van der Waals surface area (Å²) in [6.07, 6.45) is 1.47. The lowest BCUT2D eigenvalue weighted by atomic mass is 10.3. The first kappa shape index (κ1) is 18.6. The van der Waals surface area contributed by atoms with Crippen molar-refractivity contribution in [1.82, 2.24) is 24.7 Å². The number of anilines is 2. The van der Waals surface area contributed by atoms with Crippen molar-refractivity contribution in [2.45, 2.75) is 20.8 Å². The standard InChI is InChI=1S/C19H21ClFN7/c1-12-8-13(2)28(25-12)18-10-17(23-14(3)24-18)26-4-6-27(7-5-26)19-16(21)9-15(20)11-22-19/h8-11H,4-7H2,1-3H3. The quantitative estimate of drug-likeness (QED) is 0.672. The average Bonchev–Trinajstić information content (AvgIpc) is 3.00. The molecule has 7 nitrogen and oxygen atoms in total. The molecule has 0 bridgehead atoms. The van der Waals surface area contributed by atoms with Crippen molar-refractivity contribution in [2.75, 3.05) is 36.0 Å². The zero-order valence-electron chi connectivity index (χ0n) is 16.0. The summed E-state index contributed by atoms with van der Waals surface area (Å²) in [6, 6.07) is 5.26. The molecule has 0 spiro atoms. The van der Waals surface area contributed by atoms with Gasteiger partial charge in [0.1, 0.15) is 11.6 Å². The number of piperazine rings is 1. The van der Waals surface area contributed by atoms with Crippen molar-refractivity contribution in [3.63, 3.8) is 0 Å². The largest absolute Gasteiger partial charge is 0.353 e. The molecule has 0 radical (unpaired) electrons. The fraction of sp³-hybridized carbons (Fsp3) is 0.368. The zero-order valence-corrected chi connectivity index (χ0v) is 16.8. The van der Waals surface area contributed by atoms with Crippen LogP contribution in [0.15, 0.2) is 24.4 Å². The lowest BCUT2D eigenvalue weighted by molar-refractivity contribution is 0.586. The predicted octanol–water partition coefficient (Wildman–Crippen LogP) is 3.10. The molecule has 0 aliphatic carbocycles. The first-order chi connectivity index (χ1) is 13.4. The number of hydrogen-bond donors (Lipinski definition) is 0. The van der Waals surface area contributed by atoms with Crippen LogP contribution in [-0.4, -0.2) is 50.9 Å². The van der Waals surface area contributed by atoms with Crippen molar-refractivity contribution in [2.24, 2.45) is 0 Å². The first-order valence-corrected chi connectivity index (χ1v) is 9.49. The van der Waals surface area contributed by atoms with E-state index in [4.69, 9.17) is 11.6 Å². The lowest BCUT2D eigenvalue weighted by Crippen LogP contribution is -2.47. The molecule has 4 rings (SSSR count). The number of aromatic nitrogens is 5. The Labute approximate surface area is 167 Å². The van der Waals surface area contributed by atoms with Crippen molar-refractivity contribution >= 4 is 23.2 Å². The van der Waals surface area contributed by atoms with Crippen LogP contribution in [0.5, 0.6) is 0 Å². The molecular formula is C19H21ClFN7. The highest BCUT2D eigenvalue weighted by Gasteiger charge is 2.22. The minimum atomic E-state index is -0.398. The van der Waals surface area contributed by atoms with Gasteiger partial charge in [0.15, 0.2) is 17.5 Å². The van der Waals surface area contributed by atoms with Crippen LogP contribution in [0.3, 0.4) is 0 Å². The smallest absolute Gasteiger partial charge is 0.167 e. The Morgan fingerprint density at radius 3 is 2.25 bits per heavy atom. The third-order valence-corrected chi connectivity index (χ3v) is 4.94. The predicted molar refractivity (Wildman–Crippen MR) is 107 cm³/mol. The molecule has 146 valence electrons. The lowest BCUT2D eigenvalue weighted by Gasteiger charge is -2.36. The Kier molecular flexibility index (Phi) is 4.89. The Hall–Kier alpha value is -2.74. The van der Waals surface area contributed by atoms with E-state index >= 15 is 0 Å². The summed E-state index contributed by atoms with van der Waals surface area (Å²) in [4.78, 5) is 17.4. The minimum absolute atomic E-state index is 0.299. The van der Waals surface area contributed by atoms with E-state index in [0.29, 0.717) is 42.8 Å². The van der Waals surface area contributed by atoms with Crippen molar-refractivity contribution in [3.8, 4) is 5.82 Å². The fourth-order valence-corrected chi connectivity index (χ4v) is 3.60. The van der Waals surface area contributed by atoms with E-state index in [1.54, 1.807) is 0 Å². The molecule has 0 unspecified atom stereocenters. The molecule has 9 heteroatoms. The van der Waals surface area contributed by atoms with Crippen LogP contribution < -0.4 is 9.80 Å². The number of halogens is 2.